The minimum Gasteiger partial charge on any atom is -0.497 e. The molecule has 1 aliphatic heterocycles. The predicted molar refractivity (Wildman–Crippen MR) is 135 cm³/mol. The Bertz CT molecular complexity index is 828. The number of benzene rings is 1. The molecule has 2 aromatic rings. The van der Waals surface area contributed by atoms with Crippen LogP contribution in [0.5, 0.6) is 11.5 Å². The third kappa shape index (κ3) is 6.37. The number of anilines is 1. The van der Waals surface area contributed by atoms with Gasteiger partial charge in [0.2, 0.25) is 0 Å². The summed E-state index contributed by atoms with van der Waals surface area (Å²) in [6.07, 6.45) is 2.08. The fourth-order valence-electron chi connectivity index (χ4n) is 3.55. The highest BCUT2D eigenvalue weighted by Crippen LogP contribution is 2.30. The van der Waals surface area contributed by atoms with Crippen LogP contribution in [0.3, 0.4) is 0 Å². The van der Waals surface area contributed by atoms with Crippen LogP contribution >= 0.6 is 35.3 Å². The molecule has 30 heavy (non-hydrogen) atoms. The van der Waals surface area contributed by atoms with Crippen molar-refractivity contribution < 1.29 is 9.47 Å². The molecule has 0 spiro atoms. The average Bonchev–Trinajstić information content (AvgIpc) is 3.07. The predicted octanol–water partition coefficient (Wildman–Crippen LogP) is 3.73. The summed E-state index contributed by atoms with van der Waals surface area (Å²) in [6, 6.07) is 6.43. The highest BCUT2D eigenvalue weighted by Gasteiger charge is 2.21. The van der Waals surface area contributed by atoms with E-state index in [1.165, 1.54) is 4.88 Å². The second-order valence-corrected chi connectivity index (χ2v) is 8.43. The third-order valence-electron chi connectivity index (χ3n) is 5.18. The van der Waals surface area contributed by atoms with E-state index in [0.717, 1.165) is 66.3 Å². The van der Waals surface area contributed by atoms with E-state index in [1.807, 2.05) is 20.0 Å². The van der Waals surface area contributed by atoms with Gasteiger partial charge in [-0.1, -0.05) is 0 Å². The molecule has 1 aromatic heterocycles. The molecule has 1 aliphatic rings. The van der Waals surface area contributed by atoms with Crippen LogP contribution in [0, 0.1) is 13.8 Å². The Kier molecular flexibility index (Phi) is 9.47. The number of rotatable bonds is 6. The minimum absolute atomic E-state index is 0. The number of guanidine groups is 1. The van der Waals surface area contributed by atoms with E-state index in [9.17, 15) is 0 Å². The van der Waals surface area contributed by atoms with Crippen LogP contribution in [0.4, 0.5) is 5.69 Å². The van der Waals surface area contributed by atoms with Gasteiger partial charge in [0.1, 0.15) is 11.5 Å². The van der Waals surface area contributed by atoms with Gasteiger partial charge in [-0.2, -0.15) is 0 Å². The highest BCUT2D eigenvalue weighted by atomic mass is 127. The zero-order valence-corrected chi connectivity index (χ0v) is 21.5. The Morgan fingerprint density at radius 3 is 2.30 bits per heavy atom. The topological polar surface area (TPSA) is 71.0 Å². The Hall–Kier alpha value is -1.75. The summed E-state index contributed by atoms with van der Waals surface area (Å²) in [5.41, 5.74) is 2.23. The lowest BCUT2D eigenvalue weighted by Crippen LogP contribution is -2.48. The standard InChI is InChI=1S/C21H31N5O2S.HI/c1-14-20(29-15(2)24-14)13-23-21(22-3)25-16-6-8-26(9-7-16)17-10-18(27-4)12-19(11-17)28-5;/h10-12,16H,6-9,13H2,1-5H3,(H2,22,23,25);1H. The van der Waals surface area contributed by atoms with Crippen molar-refractivity contribution in [3.63, 3.8) is 0 Å². The van der Waals surface area contributed by atoms with Crippen molar-refractivity contribution in [2.45, 2.75) is 39.3 Å². The molecule has 0 saturated carbocycles. The molecule has 0 aliphatic carbocycles. The first kappa shape index (κ1) is 24.5. The van der Waals surface area contributed by atoms with E-state index in [-0.39, 0.29) is 24.0 Å². The van der Waals surface area contributed by atoms with Crippen molar-refractivity contribution in [3.05, 3.63) is 33.8 Å². The van der Waals surface area contributed by atoms with Crippen molar-refractivity contribution in [1.82, 2.24) is 15.6 Å². The number of aryl methyl sites for hydroxylation is 2. The molecule has 2 heterocycles. The summed E-state index contributed by atoms with van der Waals surface area (Å²) < 4.78 is 10.8. The van der Waals surface area contributed by atoms with Crippen molar-refractivity contribution in [2.24, 2.45) is 4.99 Å². The summed E-state index contributed by atoms with van der Waals surface area (Å²) in [5.74, 6) is 2.48. The number of thiazole rings is 1. The number of piperidine rings is 1. The van der Waals surface area contributed by atoms with Crippen LogP contribution in [0.15, 0.2) is 23.2 Å². The molecule has 0 radical (unpaired) electrons. The number of halogens is 1. The number of aromatic nitrogens is 1. The first-order valence-electron chi connectivity index (χ1n) is 9.90. The molecule has 7 nitrogen and oxygen atoms in total. The number of nitrogens with one attached hydrogen (secondary N) is 2. The van der Waals surface area contributed by atoms with Crippen LogP contribution in [-0.2, 0) is 6.54 Å². The molecule has 166 valence electrons. The average molecular weight is 545 g/mol. The number of aliphatic imine (C=N–C) groups is 1. The second-order valence-electron chi connectivity index (χ2n) is 7.14. The SMILES string of the molecule is CN=C(NCc1sc(C)nc1C)NC1CCN(c2cc(OC)cc(OC)c2)CC1.I. The minimum atomic E-state index is 0. The van der Waals surface area contributed by atoms with Gasteiger partial charge in [-0.25, -0.2) is 4.98 Å². The lowest BCUT2D eigenvalue weighted by atomic mass is 10.0. The summed E-state index contributed by atoms with van der Waals surface area (Å²) >= 11 is 1.73. The van der Waals surface area contributed by atoms with E-state index in [2.05, 4.69) is 44.6 Å². The van der Waals surface area contributed by atoms with E-state index in [1.54, 1.807) is 25.6 Å². The maximum Gasteiger partial charge on any atom is 0.191 e. The number of hydrogen-bond donors (Lipinski definition) is 2. The fraction of sp³-hybridized carbons (Fsp3) is 0.524. The maximum absolute atomic E-state index is 5.40. The monoisotopic (exact) mass is 545 g/mol. The molecule has 0 amide bonds. The first-order chi connectivity index (χ1) is 14.0. The second kappa shape index (κ2) is 11.6. The van der Waals surface area contributed by atoms with Crippen molar-refractivity contribution in [2.75, 3.05) is 39.3 Å². The lowest BCUT2D eigenvalue weighted by Gasteiger charge is -2.34. The molecule has 1 saturated heterocycles. The van der Waals surface area contributed by atoms with Gasteiger partial charge in [0, 0.05) is 54.9 Å². The molecule has 0 unspecified atom stereocenters. The number of hydrogen-bond acceptors (Lipinski definition) is 6. The normalized spacial score (nSPS) is 14.8. The van der Waals surface area contributed by atoms with Crippen LogP contribution < -0.4 is 25.0 Å². The van der Waals surface area contributed by atoms with Gasteiger partial charge in [0.05, 0.1) is 31.5 Å². The Balaban J connectivity index is 0.00000320. The Labute approximate surface area is 200 Å². The quantitative estimate of drug-likeness (QED) is 0.328. The summed E-state index contributed by atoms with van der Waals surface area (Å²) in [5, 5.41) is 8.09. The first-order valence-corrected chi connectivity index (χ1v) is 10.7. The molecule has 1 aromatic carbocycles. The van der Waals surface area contributed by atoms with Gasteiger partial charge < -0.3 is 25.0 Å². The number of nitrogens with zero attached hydrogens (tertiary/aromatic N) is 3. The van der Waals surface area contributed by atoms with Gasteiger partial charge in [-0.15, -0.1) is 35.3 Å². The van der Waals surface area contributed by atoms with Gasteiger partial charge in [-0.05, 0) is 26.7 Å². The highest BCUT2D eigenvalue weighted by molar-refractivity contribution is 14.0. The molecule has 2 N–H and O–H groups in total. The van der Waals surface area contributed by atoms with Crippen LogP contribution in [0.2, 0.25) is 0 Å². The zero-order valence-electron chi connectivity index (χ0n) is 18.3. The van der Waals surface area contributed by atoms with E-state index < -0.39 is 0 Å². The van der Waals surface area contributed by atoms with Crippen LogP contribution in [-0.4, -0.2) is 51.3 Å². The van der Waals surface area contributed by atoms with Crippen molar-refractivity contribution in [3.8, 4) is 11.5 Å². The van der Waals surface area contributed by atoms with Gasteiger partial charge in [0.25, 0.3) is 0 Å². The number of ether oxygens (including phenoxy) is 2. The zero-order chi connectivity index (χ0) is 20.8. The largest absolute Gasteiger partial charge is 0.497 e. The molecular weight excluding hydrogens is 513 g/mol. The number of methoxy groups -OCH3 is 2. The van der Waals surface area contributed by atoms with Gasteiger partial charge >= 0.3 is 0 Å². The molecule has 0 bridgehead atoms. The Morgan fingerprint density at radius 1 is 1.17 bits per heavy atom. The molecule has 0 atom stereocenters. The van der Waals surface area contributed by atoms with Crippen LogP contribution in [0.1, 0.15) is 28.4 Å². The lowest BCUT2D eigenvalue weighted by molar-refractivity contribution is 0.393. The van der Waals surface area contributed by atoms with E-state index in [4.69, 9.17) is 9.47 Å². The molecule has 9 heteroatoms. The van der Waals surface area contributed by atoms with E-state index >= 15 is 0 Å². The smallest absolute Gasteiger partial charge is 0.191 e. The summed E-state index contributed by atoms with van der Waals surface area (Å²) in [4.78, 5) is 12.5. The summed E-state index contributed by atoms with van der Waals surface area (Å²) in [6.45, 7) is 6.79. The third-order valence-corrected chi connectivity index (χ3v) is 6.25. The van der Waals surface area contributed by atoms with Crippen molar-refractivity contribution >= 4 is 47.0 Å². The molecule has 3 rings (SSSR count). The fourth-order valence-corrected chi connectivity index (χ4v) is 4.42. The molecule has 1 fully saturated rings. The van der Waals surface area contributed by atoms with Crippen molar-refractivity contribution in [1.29, 1.82) is 0 Å². The van der Waals surface area contributed by atoms with E-state index in [0.29, 0.717) is 6.04 Å². The Morgan fingerprint density at radius 2 is 1.80 bits per heavy atom. The summed E-state index contributed by atoms with van der Waals surface area (Å²) in [7, 11) is 5.18. The van der Waals surface area contributed by atoms with Crippen LogP contribution in [0.25, 0.3) is 0 Å². The van der Waals surface area contributed by atoms with Gasteiger partial charge in [0.15, 0.2) is 5.96 Å². The van der Waals surface area contributed by atoms with Gasteiger partial charge in [-0.3, -0.25) is 4.99 Å². The maximum atomic E-state index is 5.40. The molecular formula is C21H32IN5O2S.